The minimum Gasteiger partial charge on any atom is -0.461 e. The molecule has 40 heavy (non-hydrogen) atoms. The molecule has 1 aliphatic carbocycles. The zero-order valence-corrected chi connectivity index (χ0v) is 26.9. The molecule has 0 aromatic rings. The Labute approximate surface area is 248 Å². The van der Waals surface area contributed by atoms with Gasteiger partial charge in [0.15, 0.2) is 0 Å². The van der Waals surface area contributed by atoms with Gasteiger partial charge in [0.1, 0.15) is 6.61 Å². The topological polar surface area (TPSA) is 26.3 Å². The zero-order valence-electron chi connectivity index (χ0n) is 26.9. The summed E-state index contributed by atoms with van der Waals surface area (Å²) < 4.78 is 5.45. The molecule has 0 bridgehead atoms. The number of rotatable bonds is 22. The smallest absolute Gasteiger partial charge is 0.306 e. The van der Waals surface area contributed by atoms with Crippen LogP contribution in [0, 0.1) is 11.3 Å². The van der Waals surface area contributed by atoms with Crippen LogP contribution in [0.1, 0.15) is 144 Å². The summed E-state index contributed by atoms with van der Waals surface area (Å²) in [6, 6.07) is 0. The Morgan fingerprint density at radius 2 is 1.52 bits per heavy atom. The summed E-state index contributed by atoms with van der Waals surface area (Å²) in [6.07, 6.45) is 37.1. The third-order valence-corrected chi connectivity index (χ3v) is 8.53. The van der Waals surface area contributed by atoms with Crippen LogP contribution in [0.25, 0.3) is 0 Å². The Kier molecular flexibility index (Phi) is 20.3. The number of allylic oxidation sites excluding steroid dienone is 10. The van der Waals surface area contributed by atoms with Gasteiger partial charge in [-0.2, -0.15) is 0 Å². The van der Waals surface area contributed by atoms with Gasteiger partial charge in [-0.05, 0) is 96.0 Å². The van der Waals surface area contributed by atoms with Gasteiger partial charge in [0, 0.05) is 6.42 Å². The summed E-state index contributed by atoms with van der Waals surface area (Å²) in [5.74, 6) is 0.661. The molecule has 2 nitrogen and oxygen atoms in total. The minimum atomic E-state index is -0.0520. The van der Waals surface area contributed by atoms with E-state index in [0.717, 1.165) is 25.7 Å². The summed E-state index contributed by atoms with van der Waals surface area (Å²) in [4.78, 5) is 12.1. The fourth-order valence-corrected chi connectivity index (χ4v) is 5.78. The summed E-state index contributed by atoms with van der Waals surface area (Å²) >= 11 is 0. The van der Waals surface area contributed by atoms with Crippen molar-refractivity contribution in [1.82, 2.24) is 0 Å². The van der Waals surface area contributed by atoms with Crippen molar-refractivity contribution in [3.05, 3.63) is 71.9 Å². The molecule has 0 aromatic carbocycles. The maximum absolute atomic E-state index is 12.1. The van der Waals surface area contributed by atoms with Crippen molar-refractivity contribution in [2.24, 2.45) is 11.3 Å². The van der Waals surface area contributed by atoms with Gasteiger partial charge >= 0.3 is 5.97 Å². The summed E-state index contributed by atoms with van der Waals surface area (Å²) in [5, 5.41) is 0. The molecule has 0 heterocycles. The lowest BCUT2D eigenvalue weighted by molar-refractivity contribution is -0.142. The van der Waals surface area contributed by atoms with E-state index in [1.807, 2.05) is 12.2 Å². The molecule has 0 fully saturated rings. The highest BCUT2D eigenvalue weighted by atomic mass is 16.5. The Hall–Kier alpha value is -2.09. The van der Waals surface area contributed by atoms with E-state index in [9.17, 15) is 4.79 Å². The monoisotopic (exact) mass is 550 g/mol. The van der Waals surface area contributed by atoms with Crippen LogP contribution in [0.4, 0.5) is 0 Å². The van der Waals surface area contributed by atoms with E-state index in [4.69, 9.17) is 4.74 Å². The normalized spacial score (nSPS) is 17.9. The van der Waals surface area contributed by atoms with Gasteiger partial charge in [-0.25, -0.2) is 0 Å². The van der Waals surface area contributed by atoms with E-state index in [2.05, 4.69) is 71.6 Å². The molecule has 0 radical (unpaired) electrons. The molecule has 1 aliphatic rings. The van der Waals surface area contributed by atoms with E-state index in [1.165, 1.54) is 88.2 Å². The van der Waals surface area contributed by atoms with Gasteiger partial charge in [-0.3, -0.25) is 4.79 Å². The quantitative estimate of drug-likeness (QED) is 0.0580. The van der Waals surface area contributed by atoms with Crippen LogP contribution in [0.15, 0.2) is 71.9 Å². The van der Waals surface area contributed by atoms with Crippen LogP contribution >= 0.6 is 0 Å². The Bertz CT molecular complexity index is 849. The van der Waals surface area contributed by atoms with E-state index in [1.54, 1.807) is 11.6 Å². The minimum absolute atomic E-state index is 0.0520. The third kappa shape index (κ3) is 18.3. The molecule has 226 valence electrons. The fourth-order valence-electron chi connectivity index (χ4n) is 5.78. The number of esters is 1. The molecular formula is C38H62O2. The van der Waals surface area contributed by atoms with Crippen molar-refractivity contribution in [3.63, 3.8) is 0 Å². The first-order valence-electron chi connectivity index (χ1n) is 16.3. The zero-order chi connectivity index (χ0) is 29.5. The highest BCUT2D eigenvalue weighted by Crippen LogP contribution is 2.43. The maximum atomic E-state index is 12.1. The van der Waals surface area contributed by atoms with E-state index in [-0.39, 0.29) is 5.97 Å². The standard InChI is InChI=1S/C38H62O2/c1-7-8-9-10-11-12-13-14-15-16-17-18-19-20-21-27-37(39)40-32-30-34(3)25-22-24-33(2)28-29-36-35(4)26-23-31-38(36,5)6/h7-11,24,26,30,36H,1,12-23,25,27-29,31-32H2,2-6H3/b9-8+,11-10+,33-24+,34-30+. The van der Waals surface area contributed by atoms with Crippen molar-refractivity contribution < 1.29 is 9.53 Å². The third-order valence-electron chi connectivity index (χ3n) is 8.53. The SMILES string of the molecule is C=C/C=C/C=C/CCCCCCCCCCCC(=O)OC/C=C(\C)CC/C=C(\C)CCC1C(C)=CCCC1(C)C. The second-order valence-electron chi connectivity index (χ2n) is 12.7. The lowest BCUT2D eigenvalue weighted by Gasteiger charge is -2.38. The summed E-state index contributed by atoms with van der Waals surface area (Å²) in [7, 11) is 0. The van der Waals surface area contributed by atoms with E-state index in [0.29, 0.717) is 24.4 Å². The van der Waals surface area contributed by atoms with Crippen LogP contribution in [0.5, 0.6) is 0 Å². The first-order chi connectivity index (χ1) is 19.3. The molecule has 0 saturated heterocycles. The predicted octanol–water partition coefficient (Wildman–Crippen LogP) is 12.0. The highest BCUT2D eigenvalue weighted by molar-refractivity contribution is 5.69. The van der Waals surface area contributed by atoms with Crippen molar-refractivity contribution in [2.75, 3.05) is 6.61 Å². The van der Waals surface area contributed by atoms with E-state index < -0.39 is 0 Å². The Balaban J connectivity index is 2.01. The molecule has 0 amide bonds. The molecule has 1 rings (SSSR count). The molecule has 0 aromatic heterocycles. The molecule has 0 saturated carbocycles. The second kappa shape index (κ2) is 22.6. The summed E-state index contributed by atoms with van der Waals surface area (Å²) in [6.45, 7) is 15.7. The van der Waals surface area contributed by atoms with Gasteiger partial charge in [0.25, 0.3) is 0 Å². The first kappa shape index (κ1) is 35.9. The fraction of sp³-hybridized carbons (Fsp3) is 0.658. The number of carbonyl (C=O) groups is 1. The van der Waals surface area contributed by atoms with Crippen LogP contribution in [0.3, 0.4) is 0 Å². The second-order valence-corrected chi connectivity index (χ2v) is 12.7. The van der Waals surface area contributed by atoms with Crippen LogP contribution in [-0.4, -0.2) is 12.6 Å². The van der Waals surface area contributed by atoms with Crippen LogP contribution < -0.4 is 0 Å². The number of carbonyl (C=O) groups excluding carboxylic acids is 1. The van der Waals surface area contributed by atoms with Crippen LogP contribution in [-0.2, 0) is 9.53 Å². The average molecular weight is 551 g/mol. The highest BCUT2D eigenvalue weighted by Gasteiger charge is 2.32. The van der Waals surface area contributed by atoms with Crippen molar-refractivity contribution in [3.8, 4) is 0 Å². The van der Waals surface area contributed by atoms with Crippen LogP contribution in [0.2, 0.25) is 0 Å². The summed E-state index contributed by atoms with van der Waals surface area (Å²) in [5.41, 5.74) is 4.83. The molecule has 0 N–H and O–H groups in total. The molecule has 2 heteroatoms. The van der Waals surface area contributed by atoms with Gasteiger partial charge < -0.3 is 4.74 Å². The van der Waals surface area contributed by atoms with Gasteiger partial charge in [0.2, 0.25) is 0 Å². The van der Waals surface area contributed by atoms with Crippen molar-refractivity contribution >= 4 is 5.97 Å². The number of hydrogen-bond donors (Lipinski definition) is 0. The largest absolute Gasteiger partial charge is 0.461 e. The molecule has 0 aliphatic heterocycles. The predicted molar refractivity (Wildman–Crippen MR) is 176 cm³/mol. The Morgan fingerprint density at radius 1 is 0.875 bits per heavy atom. The number of unbranched alkanes of at least 4 members (excludes halogenated alkanes) is 9. The molecular weight excluding hydrogens is 488 g/mol. The maximum Gasteiger partial charge on any atom is 0.306 e. The number of ether oxygens (including phenoxy) is 1. The van der Waals surface area contributed by atoms with Crippen molar-refractivity contribution in [1.29, 1.82) is 0 Å². The molecule has 0 spiro atoms. The van der Waals surface area contributed by atoms with Gasteiger partial charge in [0.05, 0.1) is 0 Å². The molecule has 1 atom stereocenters. The Morgan fingerprint density at radius 3 is 2.20 bits per heavy atom. The van der Waals surface area contributed by atoms with E-state index >= 15 is 0 Å². The number of hydrogen-bond acceptors (Lipinski definition) is 2. The average Bonchev–Trinajstić information content (AvgIpc) is 2.90. The first-order valence-corrected chi connectivity index (χ1v) is 16.3. The van der Waals surface area contributed by atoms with Gasteiger partial charge in [-0.15, -0.1) is 0 Å². The molecule has 1 unspecified atom stereocenters. The lowest BCUT2D eigenvalue weighted by atomic mass is 9.67. The van der Waals surface area contributed by atoms with Crippen molar-refractivity contribution in [2.45, 2.75) is 144 Å². The lowest BCUT2D eigenvalue weighted by Crippen LogP contribution is -2.27. The van der Waals surface area contributed by atoms with Gasteiger partial charge in [-0.1, -0.05) is 125 Å².